The largest absolute Gasteiger partial charge is 0.457 e. The van der Waals surface area contributed by atoms with Crippen LogP contribution in [0.4, 0.5) is 0 Å². The average molecular weight is 623 g/mol. The van der Waals surface area contributed by atoms with E-state index >= 15 is 0 Å². The van der Waals surface area contributed by atoms with Crippen molar-refractivity contribution < 1.29 is 35.1 Å². The molecule has 1 aliphatic carbocycles. The first-order valence-corrected chi connectivity index (χ1v) is 15.9. The number of aliphatic hydroxyl groups is 5. The van der Waals surface area contributed by atoms with E-state index in [4.69, 9.17) is 33.4 Å². The Morgan fingerprint density at radius 3 is 2.05 bits per heavy atom. The van der Waals surface area contributed by atoms with Gasteiger partial charge in [0.15, 0.2) is 6.29 Å². The second-order valence-electron chi connectivity index (χ2n) is 12.1. The van der Waals surface area contributed by atoms with E-state index in [2.05, 4.69) is 22.9 Å². The molecule has 0 radical (unpaired) electrons. The van der Waals surface area contributed by atoms with E-state index in [0.29, 0.717) is 44.7 Å². The van der Waals surface area contributed by atoms with Crippen molar-refractivity contribution in [3.05, 3.63) is 0 Å². The summed E-state index contributed by atoms with van der Waals surface area (Å²) in [7, 11) is 0. The van der Waals surface area contributed by atoms with Crippen molar-refractivity contribution in [1.29, 1.82) is 0 Å². The molecule has 1 aliphatic rings. The number of nitrogens with two attached hydrogens (primary N) is 5. The van der Waals surface area contributed by atoms with E-state index in [1.165, 1.54) is 0 Å². The van der Waals surface area contributed by atoms with Crippen LogP contribution in [0.25, 0.3) is 0 Å². The smallest absolute Gasteiger partial charge is 0.323 e. The summed E-state index contributed by atoms with van der Waals surface area (Å²) in [6.45, 7) is 3.04. The van der Waals surface area contributed by atoms with E-state index in [0.717, 1.165) is 32.1 Å². The Kier molecular flexibility index (Phi) is 20.9. The predicted octanol–water partition coefficient (Wildman–Crippen LogP) is -2.34. The quantitative estimate of drug-likeness (QED) is 0.0273. The highest BCUT2D eigenvalue weighted by molar-refractivity contribution is 5.76. The van der Waals surface area contributed by atoms with Crippen LogP contribution in [-0.2, 0) is 9.53 Å². The molecule has 1 fully saturated rings. The zero-order chi connectivity index (χ0) is 32.4. The van der Waals surface area contributed by atoms with Gasteiger partial charge in [-0.25, -0.2) is 0 Å². The summed E-state index contributed by atoms with van der Waals surface area (Å²) in [5.41, 5.74) is 27.9. The van der Waals surface area contributed by atoms with Gasteiger partial charge in [0.1, 0.15) is 37.1 Å². The zero-order valence-electron chi connectivity index (χ0n) is 25.9. The SMILES string of the molecule is CC1CCC1C(CCCCC(N)N)C(O)NC(CCC(O)O)C(=O)OC(CCCCN)C(O)NC(O)CCCNC(N)N. The molecule has 1 rings (SSSR count). The molecule has 0 bridgehead atoms. The minimum Gasteiger partial charge on any atom is -0.457 e. The van der Waals surface area contributed by atoms with Crippen LogP contribution >= 0.6 is 0 Å². The van der Waals surface area contributed by atoms with E-state index in [1.54, 1.807) is 0 Å². The van der Waals surface area contributed by atoms with E-state index in [9.17, 15) is 30.3 Å². The molecular formula is C28H62N8O7. The van der Waals surface area contributed by atoms with E-state index in [-0.39, 0.29) is 43.7 Å². The first-order valence-electron chi connectivity index (χ1n) is 15.9. The second kappa shape index (κ2) is 22.5. The molecule has 15 heteroatoms. The molecule has 0 aliphatic heterocycles. The second-order valence-corrected chi connectivity index (χ2v) is 12.1. The topological polar surface area (TPSA) is 294 Å². The highest BCUT2D eigenvalue weighted by Crippen LogP contribution is 2.42. The molecule has 1 saturated carbocycles. The van der Waals surface area contributed by atoms with Crippen molar-refractivity contribution in [3.8, 4) is 0 Å². The number of nitrogens with one attached hydrogen (secondary N) is 3. The molecule has 8 unspecified atom stereocenters. The number of unbranched alkanes of at least 4 members (excludes halogenated alkanes) is 2. The normalized spacial score (nSPS) is 21.4. The standard InChI is InChI=1S/C28H62N8O7/c1-17-11-12-18(17)19(7-2-3-9-22(30)31)25(40)35-20(13-14-24(38)39)27(42)43-21(8-4-5-15-29)26(41)36-23(37)10-6-16-34-28(32)33/h17-26,28,34-41H,2-16,29-33H2,1H3. The highest BCUT2D eigenvalue weighted by Gasteiger charge is 2.39. The molecule has 18 N–H and O–H groups in total. The number of aliphatic hydroxyl groups excluding tert-OH is 4. The highest BCUT2D eigenvalue weighted by atomic mass is 16.6. The maximum absolute atomic E-state index is 13.4. The van der Waals surface area contributed by atoms with Crippen LogP contribution in [0.5, 0.6) is 0 Å². The summed E-state index contributed by atoms with van der Waals surface area (Å²) in [4.78, 5) is 13.4. The molecule has 43 heavy (non-hydrogen) atoms. The van der Waals surface area contributed by atoms with Crippen LogP contribution in [0, 0.1) is 17.8 Å². The van der Waals surface area contributed by atoms with Gasteiger partial charge in [-0.2, -0.15) is 0 Å². The van der Waals surface area contributed by atoms with E-state index in [1.807, 2.05) is 0 Å². The number of hydrogen-bond donors (Lipinski definition) is 13. The number of carbonyl (C=O) groups excluding carboxylic acids is 1. The first kappa shape index (κ1) is 40.0. The van der Waals surface area contributed by atoms with Crippen LogP contribution in [0.1, 0.15) is 90.4 Å². The Morgan fingerprint density at radius 2 is 1.49 bits per heavy atom. The third-order valence-electron chi connectivity index (χ3n) is 8.30. The summed E-state index contributed by atoms with van der Waals surface area (Å²) >= 11 is 0. The van der Waals surface area contributed by atoms with Crippen LogP contribution in [0.15, 0.2) is 0 Å². The van der Waals surface area contributed by atoms with Gasteiger partial charge in [0.2, 0.25) is 0 Å². The molecule has 0 heterocycles. The van der Waals surface area contributed by atoms with Gasteiger partial charge in [0.25, 0.3) is 0 Å². The van der Waals surface area contributed by atoms with Gasteiger partial charge < -0.3 is 58.9 Å². The minimum absolute atomic E-state index is 0.0134. The zero-order valence-corrected chi connectivity index (χ0v) is 25.9. The third kappa shape index (κ3) is 17.3. The number of rotatable bonds is 26. The summed E-state index contributed by atoms with van der Waals surface area (Å²) in [5.74, 6) is -0.159. The van der Waals surface area contributed by atoms with Crippen molar-refractivity contribution in [2.24, 2.45) is 46.4 Å². The van der Waals surface area contributed by atoms with Crippen LogP contribution in [-0.4, -0.2) is 94.2 Å². The molecule has 0 aromatic heterocycles. The molecular weight excluding hydrogens is 560 g/mol. The molecule has 8 atom stereocenters. The van der Waals surface area contributed by atoms with Crippen molar-refractivity contribution >= 4 is 5.97 Å². The third-order valence-corrected chi connectivity index (χ3v) is 8.30. The first-order chi connectivity index (χ1) is 20.3. The molecule has 0 amide bonds. The van der Waals surface area contributed by atoms with Crippen LogP contribution in [0.3, 0.4) is 0 Å². The fourth-order valence-corrected chi connectivity index (χ4v) is 5.56. The Balaban J connectivity index is 2.93. The van der Waals surface area contributed by atoms with Gasteiger partial charge in [-0.1, -0.05) is 26.2 Å². The molecule has 0 aromatic rings. The fourth-order valence-electron chi connectivity index (χ4n) is 5.56. The van der Waals surface area contributed by atoms with Gasteiger partial charge in [0, 0.05) is 5.92 Å². The molecule has 256 valence electrons. The predicted molar refractivity (Wildman–Crippen MR) is 164 cm³/mol. The monoisotopic (exact) mass is 622 g/mol. The Morgan fingerprint density at radius 1 is 0.814 bits per heavy atom. The van der Waals surface area contributed by atoms with Gasteiger partial charge in [-0.3, -0.25) is 20.7 Å². The lowest BCUT2D eigenvalue weighted by Gasteiger charge is -2.43. The van der Waals surface area contributed by atoms with Gasteiger partial charge in [-0.05, 0) is 89.1 Å². The number of ether oxygens (including phenoxy) is 1. The van der Waals surface area contributed by atoms with E-state index < -0.39 is 49.4 Å². The summed E-state index contributed by atoms with van der Waals surface area (Å²) in [6, 6.07) is -1.06. The number of hydrogen-bond acceptors (Lipinski definition) is 15. The lowest BCUT2D eigenvalue weighted by atomic mass is 9.66. The molecule has 0 saturated heterocycles. The average Bonchev–Trinajstić information content (AvgIpc) is 2.92. The molecule has 0 aromatic carbocycles. The van der Waals surface area contributed by atoms with Crippen molar-refractivity contribution in [2.75, 3.05) is 13.1 Å². The summed E-state index contributed by atoms with van der Waals surface area (Å²) < 4.78 is 5.73. The molecule has 0 spiro atoms. The van der Waals surface area contributed by atoms with Crippen molar-refractivity contribution in [3.63, 3.8) is 0 Å². The lowest BCUT2D eigenvalue weighted by molar-refractivity contribution is -0.164. The minimum atomic E-state index is -1.65. The molecule has 15 nitrogen and oxygen atoms in total. The van der Waals surface area contributed by atoms with Gasteiger partial charge in [-0.15, -0.1) is 0 Å². The van der Waals surface area contributed by atoms with Gasteiger partial charge in [0.05, 0.1) is 6.17 Å². The Bertz CT molecular complexity index is 725. The summed E-state index contributed by atoms with van der Waals surface area (Å²) in [5, 5.41) is 60.0. The fraction of sp³-hybridized carbons (Fsp3) is 0.964. The lowest BCUT2D eigenvalue weighted by Crippen LogP contribution is -2.53. The Labute approximate surface area is 256 Å². The van der Waals surface area contributed by atoms with Crippen molar-refractivity contribution in [2.45, 2.75) is 140 Å². The summed E-state index contributed by atoms with van der Waals surface area (Å²) in [6.07, 6.45) is -0.00565. The maximum Gasteiger partial charge on any atom is 0.323 e. The number of esters is 1. The van der Waals surface area contributed by atoms with Crippen LogP contribution in [0.2, 0.25) is 0 Å². The van der Waals surface area contributed by atoms with Gasteiger partial charge >= 0.3 is 5.97 Å². The van der Waals surface area contributed by atoms with Crippen molar-refractivity contribution in [1.82, 2.24) is 16.0 Å². The van der Waals surface area contributed by atoms with Crippen LogP contribution < -0.4 is 44.6 Å². The Hall–Kier alpha value is -1.05. The number of carbonyl (C=O) groups is 1. The maximum atomic E-state index is 13.4.